The van der Waals surface area contributed by atoms with Crippen molar-refractivity contribution in [3.8, 4) is 17.2 Å². The maximum atomic E-state index is 5.88. The minimum atomic E-state index is 0.502. The molecular weight excluding hydrogens is 332 g/mol. The second-order valence-electron chi connectivity index (χ2n) is 6.21. The summed E-state index contributed by atoms with van der Waals surface area (Å²) in [6, 6.07) is 15.8. The van der Waals surface area contributed by atoms with Crippen LogP contribution in [-0.4, -0.2) is 18.3 Å². The number of nitrogens with one attached hydrogen (secondary N) is 2. The topological polar surface area (TPSA) is 42.5 Å². The molecular formula is C20H24N2O2S. The second-order valence-corrected chi connectivity index (χ2v) is 6.62. The number of thiocarbonyl (C=S) groups is 1. The van der Waals surface area contributed by atoms with Crippen molar-refractivity contribution in [1.29, 1.82) is 0 Å². The average molecular weight is 356 g/mol. The fourth-order valence-electron chi connectivity index (χ4n) is 3.04. The first-order chi connectivity index (χ1) is 12.2. The first-order valence-electron chi connectivity index (χ1n) is 8.73. The SMILES string of the molecule is COc1ccccc1Oc1ccc(NC(=S)NC2CCCCC2)cc1. The minimum absolute atomic E-state index is 0.502. The Kier molecular flexibility index (Phi) is 6.12. The van der Waals surface area contributed by atoms with Crippen molar-refractivity contribution < 1.29 is 9.47 Å². The van der Waals surface area contributed by atoms with Gasteiger partial charge in [0.1, 0.15) is 5.75 Å². The van der Waals surface area contributed by atoms with Gasteiger partial charge in [0, 0.05) is 11.7 Å². The zero-order valence-corrected chi connectivity index (χ0v) is 15.3. The molecule has 25 heavy (non-hydrogen) atoms. The molecule has 1 saturated carbocycles. The molecule has 1 aliphatic carbocycles. The molecule has 0 aliphatic heterocycles. The van der Waals surface area contributed by atoms with Crippen molar-refractivity contribution in [3.05, 3.63) is 48.5 Å². The van der Waals surface area contributed by atoms with Gasteiger partial charge in [0.2, 0.25) is 0 Å². The number of hydrogen-bond acceptors (Lipinski definition) is 3. The summed E-state index contributed by atoms with van der Waals surface area (Å²) >= 11 is 5.42. The highest BCUT2D eigenvalue weighted by Crippen LogP contribution is 2.31. The molecule has 0 aromatic heterocycles. The van der Waals surface area contributed by atoms with Crippen LogP contribution in [0.4, 0.5) is 5.69 Å². The van der Waals surface area contributed by atoms with Crippen molar-refractivity contribution in [1.82, 2.24) is 5.32 Å². The van der Waals surface area contributed by atoms with E-state index < -0.39 is 0 Å². The van der Waals surface area contributed by atoms with Crippen LogP contribution in [0.1, 0.15) is 32.1 Å². The average Bonchev–Trinajstić information content (AvgIpc) is 2.64. The lowest BCUT2D eigenvalue weighted by atomic mass is 9.96. The van der Waals surface area contributed by atoms with Gasteiger partial charge in [-0.2, -0.15) is 0 Å². The fourth-order valence-corrected chi connectivity index (χ4v) is 3.32. The Bertz CT molecular complexity index is 697. The van der Waals surface area contributed by atoms with Gasteiger partial charge in [0.25, 0.3) is 0 Å². The van der Waals surface area contributed by atoms with Crippen molar-refractivity contribution >= 4 is 23.0 Å². The van der Waals surface area contributed by atoms with Crippen LogP contribution in [0, 0.1) is 0 Å². The van der Waals surface area contributed by atoms with E-state index in [-0.39, 0.29) is 0 Å². The van der Waals surface area contributed by atoms with Crippen molar-refractivity contribution in [2.45, 2.75) is 38.1 Å². The first kappa shape index (κ1) is 17.5. The summed E-state index contributed by atoms with van der Waals surface area (Å²) in [7, 11) is 1.63. The molecule has 132 valence electrons. The molecule has 0 spiro atoms. The Hall–Kier alpha value is -2.27. The molecule has 5 heteroatoms. The molecule has 2 aromatic rings. The summed E-state index contributed by atoms with van der Waals surface area (Å²) in [6.07, 6.45) is 6.32. The lowest BCUT2D eigenvalue weighted by Gasteiger charge is -2.24. The molecule has 0 radical (unpaired) electrons. The van der Waals surface area contributed by atoms with E-state index >= 15 is 0 Å². The van der Waals surface area contributed by atoms with Crippen LogP contribution in [0.15, 0.2) is 48.5 Å². The van der Waals surface area contributed by atoms with E-state index in [4.69, 9.17) is 21.7 Å². The van der Waals surface area contributed by atoms with Crippen LogP contribution in [0.5, 0.6) is 17.2 Å². The number of ether oxygens (including phenoxy) is 2. The molecule has 4 nitrogen and oxygen atoms in total. The van der Waals surface area contributed by atoms with E-state index in [1.54, 1.807) is 7.11 Å². The highest BCUT2D eigenvalue weighted by Gasteiger charge is 2.14. The smallest absolute Gasteiger partial charge is 0.170 e. The lowest BCUT2D eigenvalue weighted by molar-refractivity contribution is 0.379. The quantitative estimate of drug-likeness (QED) is 0.729. The molecule has 0 atom stereocenters. The third-order valence-electron chi connectivity index (χ3n) is 4.35. The zero-order valence-electron chi connectivity index (χ0n) is 14.5. The minimum Gasteiger partial charge on any atom is -0.493 e. The molecule has 0 amide bonds. The van der Waals surface area contributed by atoms with Gasteiger partial charge in [-0.05, 0) is 61.5 Å². The number of methoxy groups -OCH3 is 1. The van der Waals surface area contributed by atoms with Gasteiger partial charge in [-0.15, -0.1) is 0 Å². The Morgan fingerprint density at radius 1 is 0.960 bits per heavy atom. The van der Waals surface area contributed by atoms with Crippen molar-refractivity contribution in [3.63, 3.8) is 0 Å². The number of benzene rings is 2. The standard InChI is InChI=1S/C20H24N2O2S/c1-23-18-9-5-6-10-19(18)24-17-13-11-16(12-14-17)22-20(25)21-15-7-3-2-4-8-15/h5-6,9-15H,2-4,7-8H2,1H3,(H2,21,22,25). The monoisotopic (exact) mass is 356 g/mol. The summed E-state index contributed by atoms with van der Waals surface area (Å²) in [4.78, 5) is 0. The van der Waals surface area contributed by atoms with Gasteiger partial charge in [0.15, 0.2) is 16.6 Å². The highest BCUT2D eigenvalue weighted by atomic mass is 32.1. The van der Waals surface area contributed by atoms with E-state index in [0.29, 0.717) is 22.7 Å². The summed E-state index contributed by atoms with van der Waals surface area (Å²) in [6.45, 7) is 0. The molecule has 0 saturated heterocycles. The Labute approximate surface area is 154 Å². The second kappa shape index (κ2) is 8.72. The summed E-state index contributed by atoms with van der Waals surface area (Å²) < 4.78 is 11.2. The number of hydrogen-bond donors (Lipinski definition) is 2. The van der Waals surface area contributed by atoms with Crippen LogP contribution in [-0.2, 0) is 0 Å². The fraction of sp³-hybridized carbons (Fsp3) is 0.350. The zero-order chi connectivity index (χ0) is 17.5. The first-order valence-corrected chi connectivity index (χ1v) is 9.14. The summed E-state index contributed by atoms with van der Waals surface area (Å²) in [5.41, 5.74) is 0.945. The van der Waals surface area contributed by atoms with Crippen molar-refractivity contribution in [2.24, 2.45) is 0 Å². The third-order valence-corrected chi connectivity index (χ3v) is 4.57. The Morgan fingerprint density at radius 3 is 2.32 bits per heavy atom. The lowest BCUT2D eigenvalue weighted by Crippen LogP contribution is -2.38. The maximum absolute atomic E-state index is 5.88. The van der Waals surface area contributed by atoms with Crippen LogP contribution >= 0.6 is 12.2 Å². The van der Waals surface area contributed by atoms with Gasteiger partial charge in [-0.25, -0.2) is 0 Å². The summed E-state index contributed by atoms with van der Waals surface area (Å²) in [5.74, 6) is 2.16. The molecule has 1 aliphatic rings. The van der Waals surface area contributed by atoms with E-state index in [1.165, 1.54) is 32.1 Å². The molecule has 3 rings (SSSR count). The molecule has 2 aromatic carbocycles. The van der Waals surface area contributed by atoms with E-state index in [9.17, 15) is 0 Å². The van der Waals surface area contributed by atoms with Gasteiger partial charge >= 0.3 is 0 Å². The van der Waals surface area contributed by atoms with Crippen LogP contribution in [0.2, 0.25) is 0 Å². The Morgan fingerprint density at radius 2 is 1.64 bits per heavy atom. The molecule has 0 heterocycles. The largest absolute Gasteiger partial charge is 0.493 e. The van der Waals surface area contributed by atoms with Gasteiger partial charge < -0.3 is 20.1 Å². The van der Waals surface area contributed by atoms with E-state index in [1.807, 2.05) is 48.5 Å². The predicted octanol–water partition coefficient (Wildman–Crippen LogP) is 5.11. The predicted molar refractivity (Wildman–Crippen MR) is 106 cm³/mol. The van der Waals surface area contributed by atoms with E-state index in [2.05, 4.69) is 10.6 Å². The highest BCUT2D eigenvalue weighted by molar-refractivity contribution is 7.80. The maximum Gasteiger partial charge on any atom is 0.170 e. The third kappa shape index (κ3) is 5.10. The molecule has 1 fully saturated rings. The van der Waals surface area contributed by atoms with E-state index in [0.717, 1.165) is 11.4 Å². The van der Waals surface area contributed by atoms with Gasteiger partial charge in [-0.1, -0.05) is 31.4 Å². The van der Waals surface area contributed by atoms with Gasteiger partial charge in [-0.3, -0.25) is 0 Å². The van der Waals surface area contributed by atoms with Gasteiger partial charge in [0.05, 0.1) is 7.11 Å². The number of para-hydroxylation sites is 2. The van der Waals surface area contributed by atoms with Crippen LogP contribution in [0.25, 0.3) is 0 Å². The van der Waals surface area contributed by atoms with Crippen LogP contribution in [0.3, 0.4) is 0 Å². The Balaban J connectivity index is 1.55. The molecule has 2 N–H and O–H groups in total. The molecule has 0 bridgehead atoms. The number of anilines is 1. The summed E-state index contributed by atoms with van der Waals surface area (Å²) in [5, 5.41) is 7.34. The molecule has 0 unspecified atom stereocenters. The van der Waals surface area contributed by atoms with Crippen LogP contribution < -0.4 is 20.1 Å². The van der Waals surface area contributed by atoms with Crippen molar-refractivity contribution in [2.75, 3.05) is 12.4 Å². The normalized spacial score (nSPS) is 14.6. The number of rotatable bonds is 5.